The number of amides is 1. The van der Waals surface area contributed by atoms with E-state index in [1.165, 1.54) is 9.87 Å². The number of rotatable bonds is 12. The van der Waals surface area contributed by atoms with E-state index >= 15 is 0 Å². The van der Waals surface area contributed by atoms with Crippen LogP contribution >= 0.6 is 11.6 Å². The molecule has 0 bridgehead atoms. The van der Waals surface area contributed by atoms with Crippen molar-refractivity contribution >= 4 is 33.2 Å². The van der Waals surface area contributed by atoms with Crippen LogP contribution in [0, 0.1) is 6.92 Å². The van der Waals surface area contributed by atoms with Gasteiger partial charge in [-0.1, -0.05) is 37.1 Å². The van der Waals surface area contributed by atoms with Gasteiger partial charge in [0.2, 0.25) is 15.9 Å². The van der Waals surface area contributed by atoms with Crippen molar-refractivity contribution in [2.24, 2.45) is 0 Å². The summed E-state index contributed by atoms with van der Waals surface area (Å²) < 4.78 is 31.4. The molecule has 0 heterocycles. The van der Waals surface area contributed by atoms with Gasteiger partial charge in [-0.25, -0.2) is 8.42 Å². The lowest BCUT2D eigenvalue weighted by atomic mass is 10.1. The third kappa shape index (κ3) is 8.42. The molecule has 0 saturated heterocycles. The number of ether oxygens (including phenoxy) is 1. The molecule has 0 atom stereocenters. The van der Waals surface area contributed by atoms with Crippen LogP contribution < -0.4 is 14.4 Å². The Morgan fingerprint density at radius 2 is 1.87 bits per heavy atom. The minimum Gasteiger partial charge on any atom is -0.492 e. The average Bonchev–Trinajstić information content (AvgIpc) is 2.70. The molecule has 0 spiro atoms. The second-order valence-electron chi connectivity index (χ2n) is 7.46. The Labute approximate surface area is 190 Å². The molecule has 0 aliphatic carbocycles. The number of sulfonamides is 1. The largest absolute Gasteiger partial charge is 0.492 e. The Kier molecular flexibility index (Phi) is 9.65. The van der Waals surface area contributed by atoms with Gasteiger partial charge in [0, 0.05) is 18.0 Å². The molecule has 2 aromatic carbocycles. The number of hydrogen-bond donors (Lipinski definition) is 1. The van der Waals surface area contributed by atoms with E-state index in [4.69, 9.17) is 16.3 Å². The third-order valence-corrected chi connectivity index (χ3v) is 6.16. The first-order chi connectivity index (χ1) is 14.7. The highest BCUT2D eigenvalue weighted by atomic mass is 35.5. The van der Waals surface area contributed by atoms with Crippen LogP contribution in [0.1, 0.15) is 37.3 Å². The molecular weight excluding hydrogens is 436 g/mol. The summed E-state index contributed by atoms with van der Waals surface area (Å²) in [7, 11) is -3.47. The second kappa shape index (κ2) is 12.0. The lowest BCUT2D eigenvalue weighted by Gasteiger charge is -2.24. The molecule has 1 N–H and O–H groups in total. The number of nitrogens with zero attached hydrogens (tertiary/aromatic N) is 1. The van der Waals surface area contributed by atoms with Gasteiger partial charge in [-0.3, -0.25) is 9.10 Å². The van der Waals surface area contributed by atoms with E-state index < -0.39 is 10.0 Å². The lowest BCUT2D eigenvalue weighted by molar-refractivity contribution is -0.121. The monoisotopic (exact) mass is 466 g/mol. The summed E-state index contributed by atoms with van der Waals surface area (Å²) in [4.78, 5) is 12.1. The summed E-state index contributed by atoms with van der Waals surface area (Å²) in [6.45, 7) is 4.93. The van der Waals surface area contributed by atoms with E-state index in [-0.39, 0.29) is 18.9 Å². The summed E-state index contributed by atoms with van der Waals surface area (Å²) >= 11 is 5.97. The van der Waals surface area contributed by atoms with Gasteiger partial charge >= 0.3 is 0 Å². The fraction of sp³-hybridized carbons (Fsp3) is 0.435. The van der Waals surface area contributed by atoms with Crippen LogP contribution in [0.15, 0.2) is 42.5 Å². The second-order valence-corrected chi connectivity index (χ2v) is 9.81. The SMILES string of the molecule is CCCc1ccc(OCCNC(=O)CCCN(c2ccc(Cl)cc2C)S(C)(=O)=O)cc1. The van der Waals surface area contributed by atoms with Gasteiger partial charge in [0.25, 0.3) is 0 Å². The normalized spacial score (nSPS) is 11.2. The molecule has 1 amide bonds. The van der Waals surface area contributed by atoms with Crippen LogP contribution in [0.2, 0.25) is 5.02 Å². The zero-order valence-corrected chi connectivity index (χ0v) is 19.9. The summed E-state index contributed by atoms with van der Waals surface area (Å²) in [5, 5.41) is 3.36. The molecule has 0 aliphatic heterocycles. The first-order valence-electron chi connectivity index (χ1n) is 10.4. The zero-order valence-electron chi connectivity index (χ0n) is 18.4. The van der Waals surface area contributed by atoms with Gasteiger partial charge in [0.05, 0.1) is 18.5 Å². The molecule has 0 aromatic heterocycles. The number of carbonyl (C=O) groups excluding carboxylic acids is 1. The maximum absolute atomic E-state index is 12.2. The Morgan fingerprint density at radius 1 is 1.16 bits per heavy atom. The lowest BCUT2D eigenvalue weighted by Crippen LogP contribution is -2.33. The molecule has 0 fully saturated rings. The number of nitrogens with one attached hydrogen (secondary N) is 1. The minimum absolute atomic E-state index is 0.136. The van der Waals surface area contributed by atoms with E-state index in [1.807, 2.05) is 31.2 Å². The first-order valence-corrected chi connectivity index (χ1v) is 12.7. The van der Waals surface area contributed by atoms with Crippen LogP contribution in [-0.2, 0) is 21.2 Å². The molecule has 0 saturated carbocycles. The highest BCUT2D eigenvalue weighted by Gasteiger charge is 2.19. The number of hydrogen-bond acceptors (Lipinski definition) is 4. The van der Waals surface area contributed by atoms with Crippen molar-refractivity contribution < 1.29 is 17.9 Å². The van der Waals surface area contributed by atoms with Gasteiger partial charge < -0.3 is 10.1 Å². The molecule has 0 aliphatic rings. The highest BCUT2D eigenvalue weighted by Crippen LogP contribution is 2.26. The number of carbonyl (C=O) groups is 1. The quantitative estimate of drug-likeness (QED) is 0.472. The number of aryl methyl sites for hydroxylation is 2. The van der Waals surface area contributed by atoms with Gasteiger partial charge in [-0.05, 0) is 61.2 Å². The van der Waals surface area contributed by atoms with Gasteiger partial charge in [0.1, 0.15) is 12.4 Å². The Bertz CT molecular complexity index is 962. The van der Waals surface area contributed by atoms with Crippen LogP contribution in [0.25, 0.3) is 0 Å². The van der Waals surface area contributed by atoms with Crippen molar-refractivity contribution in [2.75, 3.05) is 30.3 Å². The van der Waals surface area contributed by atoms with E-state index in [9.17, 15) is 13.2 Å². The summed E-state index contributed by atoms with van der Waals surface area (Å²) in [6, 6.07) is 13.0. The number of halogens is 1. The summed E-state index contributed by atoms with van der Waals surface area (Å²) in [5.74, 6) is 0.638. The van der Waals surface area contributed by atoms with Crippen molar-refractivity contribution in [2.45, 2.75) is 39.5 Å². The van der Waals surface area contributed by atoms with E-state index in [0.717, 1.165) is 30.4 Å². The Balaban J connectivity index is 1.75. The molecule has 31 heavy (non-hydrogen) atoms. The van der Waals surface area contributed by atoms with Crippen LogP contribution in [-0.4, -0.2) is 40.3 Å². The summed E-state index contributed by atoms with van der Waals surface area (Å²) in [5.41, 5.74) is 2.62. The zero-order chi connectivity index (χ0) is 22.9. The Morgan fingerprint density at radius 3 is 2.48 bits per heavy atom. The molecule has 8 heteroatoms. The minimum atomic E-state index is -3.47. The highest BCUT2D eigenvalue weighted by molar-refractivity contribution is 7.92. The van der Waals surface area contributed by atoms with Crippen molar-refractivity contribution in [3.8, 4) is 5.75 Å². The van der Waals surface area contributed by atoms with Crippen molar-refractivity contribution in [1.29, 1.82) is 0 Å². The first kappa shape index (κ1) is 25.0. The molecule has 2 aromatic rings. The van der Waals surface area contributed by atoms with Crippen LogP contribution in [0.3, 0.4) is 0 Å². The molecule has 0 radical (unpaired) electrons. The number of anilines is 1. The third-order valence-electron chi connectivity index (χ3n) is 4.75. The van der Waals surface area contributed by atoms with Gasteiger partial charge in [0.15, 0.2) is 0 Å². The maximum atomic E-state index is 12.2. The van der Waals surface area contributed by atoms with Crippen LogP contribution in [0.4, 0.5) is 5.69 Å². The van der Waals surface area contributed by atoms with Crippen molar-refractivity contribution in [1.82, 2.24) is 5.32 Å². The van der Waals surface area contributed by atoms with Gasteiger partial charge in [-0.15, -0.1) is 0 Å². The van der Waals surface area contributed by atoms with E-state index in [2.05, 4.69) is 12.2 Å². The standard InChI is InChI=1S/C23H31ClN2O4S/c1-4-6-19-8-11-21(12-9-19)30-16-14-25-23(27)7-5-15-26(31(3,28)29)22-13-10-20(24)17-18(22)2/h8-13,17H,4-7,14-16H2,1-3H3,(H,25,27). The topological polar surface area (TPSA) is 75.7 Å². The van der Waals surface area contributed by atoms with Crippen LogP contribution in [0.5, 0.6) is 5.75 Å². The molecule has 6 nitrogen and oxygen atoms in total. The fourth-order valence-electron chi connectivity index (χ4n) is 3.24. The predicted molar refractivity (Wildman–Crippen MR) is 127 cm³/mol. The van der Waals surface area contributed by atoms with Gasteiger partial charge in [-0.2, -0.15) is 0 Å². The fourth-order valence-corrected chi connectivity index (χ4v) is 4.49. The molecular formula is C23H31ClN2O4S. The maximum Gasteiger partial charge on any atom is 0.232 e. The van der Waals surface area contributed by atoms with Crippen molar-refractivity contribution in [3.63, 3.8) is 0 Å². The predicted octanol–water partition coefficient (Wildman–Crippen LogP) is 4.34. The van der Waals surface area contributed by atoms with Crippen molar-refractivity contribution in [3.05, 3.63) is 58.6 Å². The average molecular weight is 467 g/mol. The Hall–Kier alpha value is -2.25. The van der Waals surface area contributed by atoms with E-state index in [0.29, 0.717) is 30.3 Å². The molecule has 2 rings (SSSR count). The summed E-state index contributed by atoms with van der Waals surface area (Å²) in [6.07, 6.45) is 3.94. The van der Waals surface area contributed by atoms with E-state index in [1.54, 1.807) is 18.2 Å². The molecule has 170 valence electrons. The smallest absolute Gasteiger partial charge is 0.232 e. The number of benzene rings is 2. The molecule has 0 unspecified atom stereocenters.